The number of hydrogen-bond donors (Lipinski definition) is 1. The zero-order chi connectivity index (χ0) is 22.6. The minimum atomic E-state index is -3.52. The molecule has 1 saturated heterocycles. The Balaban J connectivity index is 1.66. The monoisotopic (exact) mass is 446 g/mol. The Hall–Kier alpha value is -2.49. The van der Waals surface area contributed by atoms with Gasteiger partial charge in [0.1, 0.15) is 5.82 Å². The van der Waals surface area contributed by atoms with Crippen LogP contribution in [-0.4, -0.2) is 62.0 Å². The smallest absolute Gasteiger partial charge is 0.257 e. The molecule has 1 aliphatic heterocycles. The van der Waals surface area contributed by atoms with Crippen LogP contribution in [-0.2, 0) is 14.8 Å². The molecule has 2 aromatic rings. The van der Waals surface area contributed by atoms with Crippen LogP contribution in [0.5, 0.6) is 0 Å². The Kier molecular flexibility index (Phi) is 7.30. The fourth-order valence-corrected chi connectivity index (χ4v) is 5.16. The molecule has 1 amide bonds. The number of carbonyl (C=O) groups excluding carboxylic acids is 1. The molecular formula is C22H30N4O4S. The van der Waals surface area contributed by atoms with Gasteiger partial charge in [-0.1, -0.05) is 13.8 Å². The van der Waals surface area contributed by atoms with Crippen LogP contribution in [0.2, 0.25) is 0 Å². The van der Waals surface area contributed by atoms with Gasteiger partial charge in [-0.3, -0.25) is 4.79 Å². The molecular weight excluding hydrogens is 416 g/mol. The van der Waals surface area contributed by atoms with E-state index in [9.17, 15) is 13.2 Å². The second-order valence-electron chi connectivity index (χ2n) is 7.64. The van der Waals surface area contributed by atoms with Gasteiger partial charge in [0.15, 0.2) is 0 Å². The third kappa shape index (κ3) is 5.41. The largest absolute Gasteiger partial charge is 0.372 e. The van der Waals surface area contributed by atoms with Crippen LogP contribution in [0, 0.1) is 0 Å². The summed E-state index contributed by atoms with van der Waals surface area (Å²) >= 11 is 0. The van der Waals surface area contributed by atoms with E-state index in [1.165, 1.54) is 16.4 Å². The second kappa shape index (κ2) is 9.76. The standard InChI is InChI=1S/C22H30N4O4S/c1-5-26(6-2)31(28,29)20-10-8-19(9-11-20)24-22(27)18-7-12-21(23-13-18)25-14-16(3)30-17(4)15-25/h7-13,16-17H,5-6,14-15H2,1-4H3,(H,24,27). The van der Waals surface area contributed by atoms with E-state index in [-0.39, 0.29) is 23.0 Å². The number of anilines is 2. The van der Waals surface area contributed by atoms with E-state index in [1.54, 1.807) is 38.2 Å². The van der Waals surface area contributed by atoms with E-state index in [4.69, 9.17) is 4.74 Å². The van der Waals surface area contributed by atoms with E-state index >= 15 is 0 Å². The molecule has 31 heavy (non-hydrogen) atoms. The predicted octanol–water partition coefficient (Wildman–Crippen LogP) is 2.98. The molecule has 0 saturated carbocycles. The maximum absolute atomic E-state index is 12.6. The number of morpholine rings is 1. The lowest BCUT2D eigenvalue weighted by Crippen LogP contribution is -2.45. The third-order valence-corrected chi connectivity index (χ3v) is 7.27. The van der Waals surface area contributed by atoms with E-state index in [1.807, 2.05) is 19.9 Å². The molecule has 1 aromatic heterocycles. The minimum Gasteiger partial charge on any atom is -0.372 e. The number of pyridine rings is 1. The SMILES string of the molecule is CCN(CC)S(=O)(=O)c1ccc(NC(=O)c2ccc(N3CC(C)OC(C)C3)nc2)cc1. The molecule has 3 rings (SSSR count). The van der Waals surface area contributed by atoms with Crippen molar-refractivity contribution in [3.63, 3.8) is 0 Å². The van der Waals surface area contributed by atoms with Crippen LogP contribution in [0.4, 0.5) is 11.5 Å². The van der Waals surface area contributed by atoms with Gasteiger partial charge in [0, 0.05) is 38.1 Å². The van der Waals surface area contributed by atoms with Crippen LogP contribution in [0.3, 0.4) is 0 Å². The molecule has 1 aromatic carbocycles. The third-order valence-electron chi connectivity index (χ3n) is 5.21. The molecule has 2 unspecified atom stereocenters. The van der Waals surface area contributed by atoms with Gasteiger partial charge in [-0.15, -0.1) is 0 Å². The summed E-state index contributed by atoms with van der Waals surface area (Å²) < 4.78 is 32.3. The number of rotatable bonds is 7. The lowest BCUT2D eigenvalue weighted by molar-refractivity contribution is -0.00546. The van der Waals surface area contributed by atoms with Gasteiger partial charge < -0.3 is 15.0 Å². The molecule has 0 spiro atoms. The summed E-state index contributed by atoms with van der Waals surface area (Å²) in [5.41, 5.74) is 0.946. The number of aromatic nitrogens is 1. The Morgan fingerprint density at radius 1 is 1.10 bits per heavy atom. The predicted molar refractivity (Wildman–Crippen MR) is 121 cm³/mol. The number of amides is 1. The fraction of sp³-hybridized carbons (Fsp3) is 0.455. The van der Waals surface area contributed by atoms with Gasteiger partial charge in [0.25, 0.3) is 5.91 Å². The number of nitrogens with one attached hydrogen (secondary N) is 1. The van der Waals surface area contributed by atoms with Crippen molar-refractivity contribution in [2.24, 2.45) is 0 Å². The Labute approximate surface area is 184 Å². The van der Waals surface area contributed by atoms with Crippen molar-refractivity contribution in [1.82, 2.24) is 9.29 Å². The van der Waals surface area contributed by atoms with E-state index < -0.39 is 10.0 Å². The van der Waals surface area contributed by atoms with Crippen LogP contribution in [0.25, 0.3) is 0 Å². The molecule has 0 radical (unpaired) electrons. The van der Waals surface area contributed by atoms with Crippen LogP contribution < -0.4 is 10.2 Å². The molecule has 2 atom stereocenters. The Bertz CT molecular complexity index is 979. The first kappa shape index (κ1) is 23.2. The molecule has 1 N–H and O–H groups in total. The number of benzene rings is 1. The summed E-state index contributed by atoms with van der Waals surface area (Å²) in [5.74, 6) is 0.506. The van der Waals surface area contributed by atoms with Gasteiger partial charge in [-0.05, 0) is 50.2 Å². The quantitative estimate of drug-likeness (QED) is 0.703. The number of sulfonamides is 1. The highest BCUT2D eigenvalue weighted by Gasteiger charge is 2.24. The molecule has 168 valence electrons. The number of carbonyl (C=O) groups is 1. The van der Waals surface area contributed by atoms with Gasteiger partial charge in [0.05, 0.1) is 22.7 Å². The molecule has 2 heterocycles. The van der Waals surface area contributed by atoms with Crippen molar-refractivity contribution in [1.29, 1.82) is 0 Å². The average Bonchev–Trinajstić information content (AvgIpc) is 2.74. The normalized spacial score (nSPS) is 19.5. The average molecular weight is 447 g/mol. The molecule has 8 nitrogen and oxygen atoms in total. The van der Waals surface area contributed by atoms with E-state index in [0.717, 1.165) is 18.9 Å². The fourth-order valence-electron chi connectivity index (χ4n) is 3.70. The number of ether oxygens (including phenoxy) is 1. The van der Waals surface area contributed by atoms with Crippen molar-refractivity contribution in [2.45, 2.75) is 44.8 Å². The lowest BCUT2D eigenvalue weighted by atomic mass is 10.2. The summed E-state index contributed by atoms with van der Waals surface area (Å²) in [6.07, 6.45) is 1.80. The number of hydrogen-bond acceptors (Lipinski definition) is 6. The molecule has 9 heteroatoms. The summed E-state index contributed by atoms with van der Waals surface area (Å²) in [4.78, 5) is 19.4. The zero-order valence-corrected chi connectivity index (χ0v) is 19.2. The van der Waals surface area contributed by atoms with Gasteiger partial charge in [-0.25, -0.2) is 13.4 Å². The van der Waals surface area contributed by atoms with Crippen molar-refractivity contribution in [3.05, 3.63) is 48.2 Å². The molecule has 1 aliphatic rings. The summed E-state index contributed by atoms with van der Waals surface area (Å²) in [6, 6.07) is 9.76. The highest BCUT2D eigenvalue weighted by molar-refractivity contribution is 7.89. The van der Waals surface area contributed by atoms with Crippen LogP contribution in [0.15, 0.2) is 47.5 Å². The molecule has 1 fully saturated rings. The maximum Gasteiger partial charge on any atom is 0.257 e. The van der Waals surface area contributed by atoms with Gasteiger partial charge >= 0.3 is 0 Å². The molecule has 0 aliphatic carbocycles. The lowest BCUT2D eigenvalue weighted by Gasteiger charge is -2.36. The van der Waals surface area contributed by atoms with Crippen molar-refractivity contribution >= 4 is 27.4 Å². The summed E-state index contributed by atoms with van der Waals surface area (Å²) in [7, 11) is -3.52. The van der Waals surface area contributed by atoms with Gasteiger partial charge in [-0.2, -0.15) is 4.31 Å². The Morgan fingerprint density at radius 2 is 1.71 bits per heavy atom. The first-order valence-corrected chi connectivity index (χ1v) is 12.0. The maximum atomic E-state index is 12.6. The van der Waals surface area contributed by atoms with E-state index in [2.05, 4.69) is 15.2 Å². The topological polar surface area (TPSA) is 91.8 Å². The molecule has 0 bridgehead atoms. The number of nitrogens with zero attached hydrogens (tertiary/aromatic N) is 3. The van der Waals surface area contributed by atoms with E-state index in [0.29, 0.717) is 24.3 Å². The van der Waals surface area contributed by atoms with Gasteiger partial charge in [0.2, 0.25) is 10.0 Å². The summed E-state index contributed by atoms with van der Waals surface area (Å²) in [6.45, 7) is 9.98. The van der Waals surface area contributed by atoms with Crippen LogP contribution >= 0.6 is 0 Å². The van der Waals surface area contributed by atoms with Crippen molar-refractivity contribution in [2.75, 3.05) is 36.4 Å². The highest BCUT2D eigenvalue weighted by Crippen LogP contribution is 2.20. The second-order valence-corrected chi connectivity index (χ2v) is 9.57. The first-order chi connectivity index (χ1) is 14.7. The summed E-state index contributed by atoms with van der Waals surface area (Å²) in [5, 5.41) is 2.79. The Morgan fingerprint density at radius 3 is 2.23 bits per heavy atom. The van der Waals surface area contributed by atoms with Crippen molar-refractivity contribution < 1.29 is 17.9 Å². The zero-order valence-electron chi connectivity index (χ0n) is 18.4. The highest BCUT2D eigenvalue weighted by atomic mass is 32.2. The first-order valence-electron chi connectivity index (χ1n) is 10.5. The van der Waals surface area contributed by atoms with Crippen molar-refractivity contribution in [3.8, 4) is 0 Å². The minimum absolute atomic E-state index is 0.127. The van der Waals surface area contributed by atoms with Crippen LogP contribution in [0.1, 0.15) is 38.1 Å².